The monoisotopic (exact) mass is 262 g/mol. The number of nitrogens with zero attached hydrogens (tertiary/aromatic N) is 2. The molecule has 18 heavy (non-hydrogen) atoms. The number of nitriles is 1. The molecule has 0 unspecified atom stereocenters. The Kier molecular flexibility index (Phi) is 3.58. The summed E-state index contributed by atoms with van der Waals surface area (Å²) in [6.45, 7) is 4.15. The summed E-state index contributed by atoms with van der Waals surface area (Å²) in [4.78, 5) is 5.44. The Morgan fingerprint density at radius 3 is 2.78 bits per heavy atom. The highest BCUT2D eigenvalue weighted by atomic mass is 32.1. The fraction of sp³-hybridized carbons (Fsp3) is 0.231. The van der Waals surface area contributed by atoms with Crippen molar-refractivity contribution in [3.8, 4) is 11.8 Å². The molecule has 1 heterocycles. The van der Waals surface area contributed by atoms with Crippen molar-refractivity contribution in [2.45, 2.75) is 20.5 Å². The van der Waals surface area contributed by atoms with Crippen LogP contribution in [0.4, 0.5) is 4.39 Å². The van der Waals surface area contributed by atoms with Gasteiger partial charge in [0.1, 0.15) is 11.6 Å². The Morgan fingerprint density at radius 2 is 2.22 bits per heavy atom. The number of benzene rings is 1. The normalized spacial score (nSPS) is 10.1. The molecule has 1 aromatic carbocycles. The fourth-order valence-corrected chi connectivity index (χ4v) is 2.28. The molecule has 0 aliphatic heterocycles. The number of rotatable bonds is 3. The molecule has 0 aliphatic rings. The van der Waals surface area contributed by atoms with Crippen LogP contribution < -0.4 is 4.74 Å². The zero-order chi connectivity index (χ0) is 13.1. The highest BCUT2D eigenvalue weighted by Crippen LogP contribution is 2.22. The first-order valence-corrected chi connectivity index (χ1v) is 6.17. The molecular weight excluding hydrogens is 251 g/mol. The van der Waals surface area contributed by atoms with Gasteiger partial charge in [0.2, 0.25) is 0 Å². The van der Waals surface area contributed by atoms with E-state index in [0.717, 1.165) is 21.6 Å². The summed E-state index contributed by atoms with van der Waals surface area (Å²) in [5, 5.41) is 9.44. The first-order chi connectivity index (χ1) is 8.60. The van der Waals surface area contributed by atoms with Crippen molar-refractivity contribution in [3.05, 3.63) is 45.2 Å². The molecule has 0 N–H and O–H groups in total. The molecule has 0 radical (unpaired) electrons. The van der Waals surface area contributed by atoms with Crippen molar-refractivity contribution in [1.82, 2.24) is 4.98 Å². The lowest BCUT2D eigenvalue weighted by atomic mass is 10.2. The van der Waals surface area contributed by atoms with Gasteiger partial charge in [-0.2, -0.15) is 5.26 Å². The lowest BCUT2D eigenvalue weighted by Crippen LogP contribution is -1.97. The van der Waals surface area contributed by atoms with E-state index in [0.29, 0.717) is 0 Å². The van der Waals surface area contributed by atoms with E-state index in [1.165, 1.54) is 23.5 Å². The van der Waals surface area contributed by atoms with Crippen molar-refractivity contribution in [1.29, 1.82) is 5.26 Å². The number of halogens is 1. The van der Waals surface area contributed by atoms with Crippen LogP contribution in [0.1, 0.15) is 21.1 Å². The van der Waals surface area contributed by atoms with Gasteiger partial charge in [0.15, 0.2) is 11.6 Å². The van der Waals surface area contributed by atoms with Gasteiger partial charge in [-0.1, -0.05) is 0 Å². The number of ether oxygens (including phenoxy) is 1. The van der Waals surface area contributed by atoms with E-state index in [1.54, 1.807) is 0 Å². The van der Waals surface area contributed by atoms with E-state index in [2.05, 4.69) is 4.98 Å². The first kappa shape index (κ1) is 12.5. The average Bonchev–Trinajstić information content (AvgIpc) is 2.67. The van der Waals surface area contributed by atoms with Gasteiger partial charge in [-0.25, -0.2) is 9.37 Å². The summed E-state index contributed by atoms with van der Waals surface area (Å²) >= 11 is 1.54. The Hall–Kier alpha value is -1.93. The smallest absolute Gasteiger partial charge is 0.166 e. The minimum absolute atomic E-state index is 0.138. The van der Waals surface area contributed by atoms with E-state index in [4.69, 9.17) is 10.00 Å². The molecule has 0 aliphatic carbocycles. The zero-order valence-corrected chi connectivity index (χ0v) is 10.8. The van der Waals surface area contributed by atoms with Gasteiger partial charge in [-0.05, 0) is 32.0 Å². The predicted octanol–water partition coefficient (Wildman–Crippen LogP) is 3.35. The fourth-order valence-electron chi connectivity index (χ4n) is 1.43. The van der Waals surface area contributed by atoms with Crippen molar-refractivity contribution in [2.75, 3.05) is 0 Å². The second-order valence-corrected chi connectivity index (χ2v) is 5.08. The molecule has 5 heteroatoms. The molecule has 0 atom stereocenters. The van der Waals surface area contributed by atoms with Crippen LogP contribution in [-0.4, -0.2) is 4.98 Å². The number of aromatic nitrogens is 1. The predicted molar refractivity (Wildman–Crippen MR) is 67.0 cm³/mol. The summed E-state index contributed by atoms with van der Waals surface area (Å²) in [5.41, 5.74) is 1.25. The minimum atomic E-state index is -0.529. The van der Waals surface area contributed by atoms with Crippen LogP contribution >= 0.6 is 11.3 Å². The van der Waals surface area contributed by atoms with Crippen molar-refractivity contribution in [2.24, 2.45) is 0 Å². The maximum atomic E-state index is 13.5. The maximum absolute atomic E-state index is 13.5. The van der Waals surface area contributed by atoms with Crippen molar-refractivity contribution in [3.63, 3.8) is 0 Å². The van der Waals surface area contributed by atoms with Crippen molar-refractivity contribution < 1.29 is 9.13 Å². The Labute approximate surface area is 108 Å². The van der Waals surface area contributed by atoms with E-state index in [1.807, 2.05) is 19.9 Å². The maximum Gasteiger partial charge on any atom is 0.166 e. The van der Waals surface area contributed by atoms with Crippen LogP contribution in [0.3, 0.4) is 0 Å². The van der Waals surface area contributed by atoms with Gasteiger partial charge in [0, 0.05) is 4.88 Å². The van der Waals surface area contributed by atoms with Gasteiger partial charge < -0.3 is 4.74 Å². The quantitative estimate of drug-likeness (QED) is 0.852. The molecule has 0 fully saturated rings. The SMILES string of the molecule is Cc1nc(COc2ccc(C#N)cc2F)sc1C. The third kappa shape index (κ3) is 2.66. The van der Waals surface area contributed by atoms with Crippen LogP contribution in [-0.2, 0) is 6.61 Å². The molecule has 0 saturated heterocycles. The third-order valence-electron chi connectivity index (χ3n) is 2.48. The number of hydrogen-bond acceptors (Lipinski definition) is 4. The molecule has 1 aromatic heterocycles. The van der Waals surface area contributed by atoms with Crippen LogP contribution in [0, 0.1) is 31.0 Å². The van der Waals surface area contributed by atoms with Crippen LogP contribution in [0.25, 0.3) is 0 Å². The van der Waals surface area contributed by atoms with E-state index in [-0.39, 0.29) is 17.9 Å². The summed E-state index contributed by atoms with van der Waals surface area (Å²) in [6.07, 6.45) is 0. The first-order valence-electron chi connectivity index (χ1n) is 5.35. The van der Waals surface area contributed by atoms with Crippen LogP contribution in [0.15, 0.2) is 18.2 Å². The molecule has 2 rings (SSSR count). The molecule has 0 amide bonds. The highest BCUT2D eigenvalue weighted by Gasteiger charge is 2.08. The minimum Gasteiger partial charge on any atom is -0.483 e. The van der Waals surface area contributed by atoms with Gasteiger partial charge in [0.05, 0.1) is 17.3 Å². The molecule has 92 valence electrons. The Bertz CT molecular complexity index is 596. The molecule has 0 spiro atoms. The summed E-state index contributed by atoms with van der Waals surface area (Å²) < 4.78 is 18.9. The molecule has 0 bridgehead atoms. The lowest BCUT2D eigenvalue weighted by Gasteiger charge is -2.05. The van der Waals surface area contributed by atoms with Gasteiger partial charge in [-0.15, -0.1) is 11.3 Å². The number of thiazole rings is 1. The number of aryl methyl sites for hydroxylation is 2. The third-order valence-corrected chi connectivity index (χ3v) is 3.53. The average molecular weight is 262 g/mol. The summed E-state index contributed by atoms with van der Waals surface area (Å²) in [7, 11) is 0. The van der Waals surface area contributed by atoms with Gasteiger partial charge in [0.25, 0.3) is 0 Å². The molecular formula is C13H11FN2OS. The lowest BCUT2D eigenvalue weighted by molar-refractivity contribution is 0.289. The Balaban J connectivity index is 2.09. The van der Waals surface area contributed by atoms with Gasteiger partial charge in [-0.3, -0.25) is 0 Å². The van der Waals surface area contributed by atoms with E-state index < -0.39 is 5.82 Å². The van der Waals surface area contributed by atoms with Crippen LogP contribution in [0.5, 0.6) is 5.75 Å². The van der Waals surface area contributed by atoms with Gasteiger partial charge >= 0.3 is 0 Å². The second-order valence-electron chi connectivity index (χ2n) is 3.79. The molecule has 2 aromatic rings. The van der Waals surface area contributed by atoms with E-state index >= 15 is 0 Å². The number of hydrogen-bond donors (Lipinski definition) is 0. The van der Waals surface area contributed by atoms with Crippen molar-refractivity contribution >= 4 is 11.3 Å². The summed E-state index contributed by atoms with van der Waals surface area (Å²) in [5.74, 6) is -0.390. The van der Waals surface area contributed by atoms with E-state index in [9.17, 15) is 4.39 Å². The molecule has 0 saturated carbocycles. The summed E-state index contributed by atoms with van der Waals surface area (Å²) in [6, 6.07) is 6.02. The van der Waals surface area contributed by atoms with Crippen LogP contribution in [0.2, 0.25) is 0 Å². The standard InChI is InChI=1S/C13H11FN2OS/c1-8-9(2)18-13(16-8)7-17-12-4-3-10(6-15)5-11(12)14/h3-5H,7H2,1-2H3. The largest absolute Gasteiger partial charge is 0.483 e. The highest BCUT2D eigenvalue weighted by molar-refractivity contribution is 7.11. The molecule has 3 nitrogen and oxygen atoms in total. The second kappa shape index (κ2) is 5.15. The topological polar surface area (TPSA) is 45.9 Å². The Morgan fingerprint density at radius 1 is 1.44 bits per heavy atom. The zero-order valence-electron chi connectivity index (χ0n) is 10.0.